The maximum absolute atomic E-state index is 5.85. The van der Waals surface area contributed by atoms with Crippen molar-refractivity contribution >= 4 is 0 Å². The quantitative estimate of drug-likeness (QED) is 0.659. The summed E-state index contributed by atoms with van der Waals surface area (Å²) in [6.07, 6.45) is 7.91. The number of hydrogen-bond acceptors (Lipinski definition) is 1. The first-order valence-corrected chi connectivity index (χ1v) is 6.06. The number of benzene rings is 1. The van der Waals surface area contributed by atoms with E-state index in [4.69, 9.17) is 12.2 Å². The predicted octanol–water partition coefficient (Wildman–Crippen LogP) is 3.69. The number of hydrogen-bond donors (Lipinski definition) is 1. The molecule has 0 bridgehead atoms. The van der Waals surface area contributed by atoms with Gasteiger partial charge in [0.25, 0.3) is 0 Å². The lowest BCUT2D eigenvalue weighted by molar-refractivity contribution is 0.713. The molecule has 2 rings (SSSR count). The van der Waals surface area contributed by atoms with Crippen LogP contribution in [0.15, 0.2) is 24.3 Å². The zero-order valence-electron chi connectivity index (χ0n) is 10.7. The van der Waals surface area contributed by atoms with Gasteiger partial charge in [-0.1, -0.05) is 45.0 Å². The number of terminal acetylenes is 1. The smallest absolute Gasteiger partial charge is 0.0300 e. The molecule has 2 N–H and O–H groups in total. The van der Waals surface area contributed by atoms with Gasteiger partial charge in [-0.15, -0.1) is 12.3 Å². The molecule has 1 aliphatic rings. The Bertz CT molecular complexity index is 322. The van der Waals surface area contributed by atoms with E-state index in [1.165, 1.54) is 11.1 Å². The highest BCUT2D eigenvalue weighted by Crippen LogP contribution is 2.28. The molecule has 0 saturated carbocycles. The number of rotatable bonds is 0. The van der Waals surface area contributed by atoms with Crippen molar-refractivity contribution in [2.75, 3.05) is 0 Å². The van der Waals surface area contributed by atoms with E-state index in [2.05, 4.69) is 30.2 Å². The summed E-state index contributed by atoms with van der Waals surface area (Å²) in [5.41, 5.74) is 8.64. The molecular formula is C15H23N. The molecule has 1 atom stereocenters. The number of aryl methyl sites for hydroxylation is 1. The molecule has 1 heteroatoms. The van der Waals surface area contributed by atoms with Crippen LogP contribution in [0.4, 0.5) is 0 Å². The van der Waals surface area contributed by atoms with E-state index in [-0.39, 0.29) is 0 Å². The monoisotopic (exact) mass is 217 g/mol. The van der Waals surface area contributed by atoms with Crippen LogP contribution >= 0.6 is 0 Å². The normalized spacial score (nSPS) is 15.8. The topological polar surface area (TPSA) is 26.0 Å². The molecule has 1 aromatic carbocycles. The van der Waals surface area contributed by atoms with E-state index >= 15 is 0 Å². The van der Waals surface area contributed by atoms with Gasteiger partial charge in [-0.25, -0.2) is 0 Å². The summed E-state index contributed by atoms with van der Waals surface area (Å²) in [5, 5.41) is 0. The summed E-state index contributed by atoms with van der Waals surface area (Å²) in [6, 6.07) is 8.74. The minimum Gasteiger partial charge on any atom is -0.324 e. The fraction of sp³-hybridized carbons (Fsp3) is 0.467. The summed E-state index contributed by atoms with van der Waals surface area (Å²) in [5.74, 6) is 2.43. The molecular weight excluding hydrogens is 194 g/mol. The Morgan fingerprint density at radius 2 is 1.94 bits per heavy atom. The third-order valence-electron chi connectivity index (χ3n) is 2.38. The fourth-order valence-electron chi connectivity index (χ4n) is 1.59. The Morgan fingerprint density at radius 1 is 1.38 bits per heavy atom. The van der Waals surface area contributed by atoms with E-state index in [1.54, 1.807) is 0 Å². The molecule has 0 heterocycles. The van der Waals surface area contributed by atoms with Gasteiger partial charge in [0.1, 0.15) is 0 Å². The standard InChI is InChI=1S/C9H11N.C4H6.C2H6/c10-9-6-5-7-3-1-2-4-8(7)9;1-3-4-2;1-2/h1-4,9H,5-6,10H2;1H,4H2,2H3;1-2H3/t9-;;/m1../s1. The molecule has 0 spiro atoms. The SMILES string of the molecule is C#CCC.CC.N[C@@H]1CCc2ccccc21. The molecule has 0 amide bonds. The summed E-state index contributed by atoms with van der Waals surface area (Å²) >= 11 is 0. The second-order valence-corrected chi connectivity index (χ2v) is 3.40. The van der Waals surface area contributed by atoms with Crippen LogP contribution in [0, 0.1) is 12.3 Å². The Labute approximate surface area is 100 Å². The molecule has 0 radical (unpaired) electrons. The molecule has 0 fully saturated rings. The summed E-state index contributed by atoms with van der Waals surface area (Å²) in [7, 11) is 0. The summed E-state index contributed by atoms with van der Waals surface area (Å²) < 4.78 is 0. The first-order chi connectivity index (χ1) is 7.79. The highest BCUT2D eigenvalue weighted by atomic mass is 14.6. The minimum atomic E-state index is 0.302. The molecule has 0 saturated heterocycles. The van der Waals surface area contributed by atoms with Crippen molar-refractivity contribution in [2.24, 2.45) is 5.73 Å². The summed E-state index contributed by atoms with van der Waals surface area (Å²) in [4.78, 5) is 0. The maximum Gasteiger partial charge on any atom is 0.0300 e. The lowest BCUT2D eigenvalue weighted by atomic mass is 10.1. The molecule has 0 aliphatic heterocycles. The molecule has 88 valence electrons. The minimum absolute atomic E-state index is 0.302. The van der Waals surface area contributed by atoms with Crippen molar-refractivity contribution in [1.82, 2.24) is 0 Å². The second kappa shape index (κ2) is 9.00. The Balaban J connectivity index is 0.000000323. The first kappa shape index (κ1) is 14.7. The lowest BCUT2D eigenvalue weighted by Crippen LogP contribution is -2.04. The molecule has 16 heavy (non-hydrogen) atoms. The van der Waals surface area contributed by atoms with E-state index in [0.29, 0.717) is 6.04 Å². The van der Waals surface area contributed by atoms with Gasteiger partial charge in [0, 0.05) is 12.5 Å². The zero-order valence-corrected chi connectivity index (χ0v) is 10.7. The Hall–Kier alpha value is -1.26. The van der Waals surface area contributed by atoms with Gasteiger partial charge in [0.2, 0.25) is 0 Å². The van der Waals surface area contributed by atoms with Crippen LogP contribution < -0.4 is 5.73 Å². The van der Waals surface area contributed by atoms with Crippen LogP contribution in [0.25, 0.3) is 0 Å². The van der Waals surface area contributed by atoms with Crippen molar-refractivity contribution in [3.63, 3.8) is 0 Å². The molecule has 0 aromatic heterocycles. The average molecular weight is 217 g/mol. The highest BCUT2D eigenvalue weighted by molar-refractivity contribution is 5.33. The van der Waals surface area contributed by atoms with Gasteiger partial charge < -0.3 is 5.73 Å². The van der Waals surface area contributed by atoms with Crippen LogP contribution in [-0.2, 0) is 6.42 Å². The van der Waals surface area contributed by atoms with Crippen molar-refractivity contribution in [2.45, 2.75) is 46.1 Å². The number of nitrogens with two attached hydrogens (primary N) is 1. The molecule has 1 nitrogen and oxygen atoms in total. The van der Waals surface area contributed by atoms with Gasteiger partial charge in [-0.3, -0.25) is 0 Å². The molecule has 0 unspecified atom stereocenters. The van der Waals surface area contributed by atoms with Crippen molar-refractivity contribution in [1.29, 1.82) is 0 Å². The van der Waals surface area contributed by atoms with E-state index in [1.807, 2.05) is 20.8 Å². The van der Waals surface area contributed by atoms with Crippen molar-refractivity contribution < 1.29 is 0 Å². The average Bonchev–Trinajstić information content (AvgIpc) is 2.75. The Morgan fingerprint density at radius 3 is 2.44 bits per heavy atom. The first-order valence-electron chi connectivity index (χ1n) is 6.06. The maximum atomic E-state index is 5.85. The van der Waals surface area contributed by atoms with Crippen LogP contribution in [0.5, 0.6) is 0 Å². The van der Waals surface area contributed by atoms with Crippen LogP contribution in [-0.4, -0.2) is 0 Å². The molecule has 1 aromatic rings. The van der Waals surface area contributed by atoms with E-state index in [0.717, 1.165) is 19.3 Å². The lowest BCUT2D eigenvalue weighted by Gasteiger charge is -2.01. The van der Waals surface area contributed by atoms with Crippen LogP contribution in [0.2, 0.25) is 0 Å². The predicted molar refractivity (Wildman–Crippen MR) is 72.2 cm³/mol. The van der Waals surface area contributed by atoms with E-state index in [9.17, 15) is 0 Å². The van der Waals surface area contributed by atoms with Gasteiger partial charge >= 0.3 is 0 Å². The van der Waals surface area contributed by atoms with Gasteiger partial charge in [-0.2, -0.15) is 0 Å². The third kappa shape index (κ3) is 4.51. The van der Waals surface area contributed by atoms with Crippen LogP contribution in [0.1, 0.15) is 50.8 Å². The zero-order chi connectivity index (χ0) is 12.4. The Kier molecular flexibility index (Phi) is 8.29. The largest absolute Gasteiger partial charge is 0.324 e. The second-order valence-electron chi connectivity index (χ2n) is 3.40. The van der Waals surface area contributed by atoms with Crippen LogP contribution in [0.3, 0.4) is 0 Å². The fourth-order valence-corrected chi connectivity index (χ4v) is 1.59. The van der Waals surface area contributed by atoms with Gasteiger partial charge in [-0.05, 0) is 24.0 Å². The number of fused-ring (bicyclic) bond motifs is 1. The van der Waals surface area contributed by atoms with E-state index < -0.39 is 0 Å². The van der Waals surface area contributed by atoms with Gasteiger partial charge in [0.05, 0.1) is 0 Å². The van der Waals surface area contributed by atoms with Gasteiger partial charge in [0.15, 0.2) is 0 Å². The summed E-state index contributed by atoms with van der Waals surface area (Å²) in [6.45, 7) is 5.94. The molecule has 1 aliphatic carbocycles. The van der Waals surface area contributed by atoms with Crippen molar-refractivity contribution in [3.05, 3.63) is 35.4 Å². The highest BCUT2D eigenvalue weighted by Gasteiger charge is 2.16. The third-order valence-corrected chi connectivity index (χ3v) is 2.38. The van der Waals surface area contributed by atoms with Crippen molar-refractivity contribution in [3.8, 4) is 12.3 Å².